The van der Waals surface area contributed by atoms with E-state index in [0.29, 0.717) is 0 Å². The van der Waals surface area contributed by atoms with Crippen LogP contribution in [0.1, 0.15) is 51.2 Å². The monoisotopic (exact) mass is 698 g/mol. The zero-order valence-electron chi connectivity index (χ0n) is 28.0. The Kier molecular flexibility index (Phi) is 12.5. The van der Waals surface area contributed by atoms with E-state index in [9.17, 15) is 33.6 Å². The molecule has 1 saturated heterocycles. The van der Waals surface area contributed by atoms with Crippen LogP contribution in [-0.4, -0.2) is 98.9 Å². The van der Waals surface area contributed by atoms with Crippen LogP contribution in [0.3, 0.4) is 0 Å². The van der Waals surface area contributed by atoms with Crippen molar-refractivity contribution in [3.8, 4) is 11.1 Å². The van der Waals surface area contributed by atoms with Gasteiger partial charge in [0.05, 0.1) is 13.5 Å². The molecular formula is C34H38N2O14. The average molecular weight is 699 g/mol. The molecule has 16 heteroatoms. The van der Waals surface area contributed by atoms with Crippen LogP contribution in [0.5, 0.6) is 0 Å². The summed E-state index contributed by atoms with van der Waals surface area (Å²) in [5.74, 6) is -5.44. The van der Waals surface area contributed by atoms with Gasteiger partial charge < -0.3 is 43.8 Å². The lowest BCUT2D eigenvalue weighted by atomic mass is 9.97. The molecule has 3 unspecified atom stereocenters. The largest absolute Gasteiger partial charge is 0.467 e. The van der Waals surface area contributed by atoms with Crippen molar-refractivity contribution in [2.24, 2.45) is 0 Å². The van der Waals surface area contributed by atoms with E-state index in [0.717, 1.165) is 57.1 Å². The van der Waals surface area contributed by atoms with Gasteiger partial charge in [0, 0.05) is 33.6 Å². The van der Waals surface area contributed by atoms with Crippen LogP contribution in [0.15, 0.2) is 48.5 Å². The van der Waals surface area contributed by atoms with Gasteiger partial charge >= 0.3 is 35.9 Å². The predicted octanol–water partition coefficient (Wildman–Crippen LogP) is 1.66. The van der Waals surface area contributed by atoms with Gasteiger partial charge in [0.25, 0.3) is 0 Å². The third-order valence-electron chi connectivity index (χ3n) is 7.81. The first kappa shape index (κ1) is 37.3. The van der Waals surface area contributed by atoms with E-state index >= 15 is 0 Å². The van der Waals surface area contributed by atoms with E-state index < -0.39 is 91.6 Å². The number of hydrogen-bond donors (Lipinski definition) is 2. The number of ether oxygens (including phenoxy) is 7. The molecule has 1 aliphatic carbocycles. The molecular weight excluding hydrogens is 660 g/mol. The van der Waals surface area contributed by atoms with E-state index in [-0.39, 0.29) is 12.5 Å². The van der Waals surface area contributed by atoms with Gasteiger partial charge in [0.2, 0.25) is 5.91 Å². The predicted molar refractivity (Wildman–Crippen MR) is 169 cm³/mol. The zero-order chi connectivity index (χ0) is 36.5. The summed E-state index contributed by atoms with van der Waals surface area (Å²) in [5.41, 5.74) is 3.97. The molecule has 1 heterocycles. The summed E-state index contributed by atoms with van der Waals surface area (Å²) in [6, 6.07) is 13.9. The SMILES string of the molecule is COC(=O)C(CC(=O)N[C@@H]1OC(COC(C)=O)[C@H](OC(C)=O)[C@H](OC(C)=O)C1OC(C)=O)NC(=O)OCC1c2ccccc2-c2ccccc21. The van der Waals surface area contributed by atoms with E-state index in [2.05, 4.69) is 10.6 Å². The van der Waals surface area contributed by atoms with Crippen molar-refractivity contribution < 1.29 is 66.7 Å². The Balaban J connectivity index is 1.49. The molecule has 268 valence electrons. The van der Waals surface area contributed by atoms with Crippen molar-refractivity contribution in [3.63, 3.8) is 0 Å². The van der Waals surface area contributed by atoms with Crippen LogP contribution < -0.4 is 10.6 Å². The number of carbonyl (C=O) groups is 7. The highest BCUT2D eigenvalue weighted by atomic mass is 16.7. The molecule has 6 atom stereocenters. The quantitative estimate of drug-likeness (QED) is 0.239. The Labute approximate surface area is 287 Å². The minimum atomic E-state index is -1.59. The van der Waals surface area contributed by atoms with E-state index in [4.69, 9.17) is 33.2 Å². The topological polar surface area (TPSA) is 208 Å². The Morgan fingerprint density at radius 3 is 1.78 bits per heavy atom. The van der Waals surface area contributed by atoms with Gasteiger partial charge in [-0.2, -0.15) is 0 Å². The second-order valence-corrected chi connectivity index (χ2v) is 11.4. The zero-order valence-corrected chi connectivity index (χ0v) is 28.0. The maximum absolute atomic E-state index is 13.3. The third kappa shape index (κ3) is 9.34. The Hall–Kier alpha value is -5.51. The van der Waals surface area contributed by atoms with Gasteiger partial charge in [-0.3, -0.25) is 24.0 Å². The smallest absolute Gasteiger partial charge is 0.407 e. The number of esters is 5. The molecule has 4 rings (SSSR count). The molecule has 0 radical (unpaired) electrons. The van der Waals surface area contributed by atoms with Gasteiger partial charge in [-0.05, 0) is 22.3 Å². The van der Waals surface area contributed by atoms with Crippen molar-refractivity contribution in [2.75, 3.05) is 20.3 Å². The number of benzene rings is 2. The first-order valence-corrected chi connectivity index (χ1v) is 15.6. The first-order valence-electron chi connectivity index (χ1n) is 15.6. The molecule has 0 aromatic heterocycles. The maximum atomic E-state index is 13.3. The molecule has 0 saturated carbocycles. The van der Waals surface area contributed by atoms with Crippen LogP contribution in [-0.2, 0) is 61.9 Å². The van der Waals surface area contributed by atoms with Crippen molar-refractivity contribution in [1.29, 1.82) is 0 Å². The first-order chi connectivity index (χ1) is 23.8. The molecule has 2 aromatic rings. The van der Waals surface area contributed by atoms with Gasteiger partial charge in [-0.15, -0.1) is 0 Å². The average Bonchev–Trinajstić information content (AvgIpc) is 3.37. The fourth-order valence-electron chi connectivity index (χ4n) is 5.87. The summed E-state index contributed by atoms with van der Waals surface area (Å²) in [4.78, 5) is 86.7. The number of nitrogens with one attached hydrogen (secondary N) is 2. The summed E-state index contributed by atoms with van der Waals surface area (Å²) >= 11 is 0. The number of fused-ring (bicyclic) bond motifs is 3. The molecule has 2 N–H and O–H groups in total. The lowest BCUT2D eigenvalue weighted by Crippen LogP contribution is -2.66. The summed E-state index contributed by atoms with van der Waals surface area (Å²) in [5, 5.41) is 4.79. The molecule has 2 aromatic carbocycles. The number of carbonyl (C=O) groups excluding carboxylic acids is 7. The van der Waals surface area contributed by atoms with Gasteiger partial charge in [-0.25, -0.2) is 9.59 Å². The van der Waals surface area contributed by atoms with E-state index in [1.54, 1.807) is 0 Å². The Morgan fingerprint density at radius 1 is 0.700 bits per heavy atom. The summed E-state index contributed by atoms with van der Waals surface area (Å²) in [6.45, 7) is 3.70. The van der Waals surface area contributed by atoms with Crippen LogP contribution in [0, 0.1) is 0 Å². The number of hydrogen-bond acceptors (Lipinski definition) is 14. The molecule has 0 bridgehead atoms. The molecule has 50 heavy (non-hydrogen) atoms. The standard InChI is InChI=1S/C34H38N2O14/c1-17(37)45-16-27-29(47-18(2)38)30(48-19(3)39)31(49-20(4)40)32(50-27)36-28(41)14-26(33(42)44-5)35-34(43)46-15-25-23-12-8-6-10-21(23)22-11-7-9-13-24(22)25/h6-13,25-27,29-32H,14-16H2,1-5H3,(H,35,43)(H,36,41)/t26?,27?,29-,30-,31?,32+/m0/s1. The summed E-state index contributed by atoms with van der Waals surface area (Å²) in [7, 11) is 1.06. The number of methoxy groups -OCH3 is 1. The molecule has 1 fully saturated rings. The fraction of sp³-hybridized carbons (Fsp3) is 0.441. The lowest BCUT2D eigenvalue weighted by molar-refractivity contribution is -0.257. The normalized spacial score (nSPS) is 21.3. The number of alkyl carbamates (subject to hydrolysis) is 1. The van der Waals surface area contributed by atoms with Crippen LogP contribution >= 0.6 is 0 Å². The molecule has 2 aliphatic rings. The highest BCUT2D eigenvalue weighted by molar-refractivity contribution is 5.88. The van der Waals surface area contributed by atoms with E-state index in [1.807, 2.05) is 48.5 Å². The molecule has 1 aliphatic heterocycles. The second-order valence-electron chi connectivity index (χ2n) is 11.4. The molecule has 16 nitrogen and oxygen atoms in total. The number of amides is 2. The van der Waals surface area contributed by atoms with Crippen molar-refractivity contribution in [2.45, 2.75) is 76.7 Å². The highest BCUT2D eigenvalue weighted by Crippen LogP contribution is 2.44. The molecule has 0 spiro atoms. The minimum absolute atomic E-state index is 0.0648. The van der Waals surface area contributed by atoms with Gasteiger partial charge in [0.15, 0.2) is 24.5 Å². The molecule has 2 amide bonds. The van der Waals surface area contributed by atoms with Crippen LogP contribution in [0.2, 0.25) is 0 Å². The lowest BCUT2D eigenvalue weighted by Gasteiger charge is -2.44. The van der Waals surface area contributed by atoms with Crippen LogP contribution in [0.25, 0.3) is 11.1 Å². The van der Waals surface area contributed by atoms with Gasteiger partial charge in [-0.1, -0.05) is 48.5 Å². The maximum Gasteiger partial charge on any atom is 0.407 e. The van der Waals surface area contributed by atoms with E-state index in [1.165, 1.54) is 0 Å². The third-order valence-corrected chi connectivity index (χ3v) is 7.81. The van der Waals surface area contributed by atoms with Crippen molar-refractivity contribution >= 4 is 41.8 Å². The van der Waals surface area contributed by atoms with Crippen molar-refractivity contribution in [3.05, 3.63) is 59.7 Å². The Morgan fingerprint density at radius 2 is 1.24 bits per heavy atom. The highest BCUT2D eigenvalue weighted by Gasteiger charge is 2.52. The summed E-state index contributed by atoms with van der Waals surface area (Å²) in [6.07, 6.45) is -9.16. The number of rotatable bonds is 12. The second kappa shape index (κ2) is 16.7. The van der Waals surface area contributed by atoms with Gasteiger partial charge in [0.1, 0.15) is 25.4 Å². The fourth-order valence-corrected chi connectivity index (χ4v) is 5.87. The Bertz CT molecular complexity index is 1580. The van der Waals surface area contributed by atoms with Crippen molar-refractivity contribution in [1.82, 2.24) is 10.6 Å². The summed E-state index contributed by atoms with van der Waals surface area (Å²) < 4.78 is 37.2. The van der Waals surface area contributed by atoms with Crippen LogP contribution in [0.4, 0.5) is 4.79 Å². The minimum Gasteiger partial charge on any atom is -0.467 e.